The van der Waals surface area contributed by atoms with Crippen LogP contribution in [0.5, 0.6) is 0 Å². The molecule has 1 aromatic heterocycles. The average molecular weight is 307 g/mol. The van der Waals surface area contributed by atoms with E-state index in [-0.39, 0.29) is 48.9 Å². The molecular weight excluding hydrogens is 298 g/mol. The van der Waals surface area contributed by atoms with Gasteiger partial charge in [-0.15, -0.1) is 0 Å². The highest BCUT2D eigenvalue weighted by molar-refractivity contribution is 6.13. The van der Waals surface area contributed by atoms with Crippen LogP contribution in [0, 0.1) is 0 Å². The summed E-state index contributed by atoms with van der Waals surface area (Å²) in [6.07, 6.45) is 0. The summed E-state index contributed by atoms with van der Waals surface area (Å²) in [5.41, 5.74) is -2.21. The van der Waals surface area contributed by atoms with Crippen molar-refractivity contribution in [3.05, 3.63) is 71.6 Å². The molecule has 1 heterocycles. The van der Waals surface area contributed by atoms with E-state index < -0.39 is 11.3 Å². The van der Waals surface area contributed by atoms with E-state index in [4.69, 9.17) is 0 Å². The van der Waals surface area contributed by atoms with E-state index in [1.807, 2.05) is 0 Å². The molecule has 0 bridgehead atoms. The lowest BCUT2D eigenvalue weighted by molar-refractivity contribution is 0.500. The maximum absolute atomic E-state index is 12.8. The van der Waals surface area contributed by atoms with E-state index in [1.165, 1.54) is 13.1 Å². The minimum atomic E-state index is -0.823. The first-order valence-electron chi connectivity index (χ1n) is 6.88. The number of anilines is 1. The first kappa shape index (κ1) is 13.4. The molecule has 0 spiro atoms. The van der Waals surface area contributed by atoms with Gasteiger partial charge in [-0.3, -0.25) is 9.59 Å². The lowest BCUT2D eigenvalue weighted by Crippen LogP contribution is -2.15. The summed E-state index contributed by atoms with van der Waals surface area (Å²) < 4.78 is 4.60. The number of hydrogen-bond acceptors (Lipinski definition) is 6. The Hall–Kier alpha value is -3.28. The topological polar surface area (TPSA) is 93.4 Å². The van der Waals surface area contributed by atoms with Gasteiger partial charge in [-0.05, 0) is 6.07 Å². The molecular formula is C17H9NO5. The van der Waals surface area contributed by atoms with E-state index in [1.54, 1.807) is 24.3 Å². The lowest BCUT2D eigenvalue weighted by atomic mass is 9.98. The Balaban J connectivity index is 2.50. The van der Waals surface area contributed by atoms with Gasteiger partial charge in [0.1, 0.15) is 0 Å². The zero-order chi connectivity index (χ0) is 16.3. The van der Waals surface area contributed by atoms with Gasteiger partial charge in [-0.25, -0.2) is 9.59 Å². The molecule has 0 unspecified atom stereocenters. The van der Waals surface area contributed by atoms with Gasteiger partial charge >= 0.3 is 11.3 Å². The fourth-order valence-electron chi connectivity index (χ4n) is 3.07. The summed E-state index contributed by atoms with van der Waals surface area (Å²) in [7, 11) is 1.52. The van der Waals surface area contributed by atoms with Gasteiger partial charge in [0.2, 0.25) is 0 Å². The van der Waals surface area contributed by atoms with Crippen molar-refractivity contribution in [3.8, 4) is 0 Å². The van der Waals surface area contributed by atoms with Crippen molar-refractivity contribution in [3.63, 3.8) is 0 Å². The van der Waals surface area contributed by atoms with Gasteiger partial charge in [0.25, 0.3) is 0 Å². The van der Waals surface area contributed by atoms with Crippen molar-refractivity contribution in [1.29, 1.82) is 0 Å². The number of fused-ring (bicyclic) bond motifs is 3. The van der Waals surface area contributed by atoms with Crippen molar-refractivity contribution >= 4 is 38.0 Å². The highest BCUT2D eigenvalue weighted by Crippen LogP contribution is 2.27. The van der Waals surface area contributed by atoms with E-state index in [0.717, 1.165) is 0 Å². The molecule has 0 atom stereocenters. The van der Waals surface area contributed by atoms with Crippen LogP contribution in [0.4, 0.5) is 5.69 Å². The largest absolute Gasteiger partial charge is 0.387 e. The maximum Gasteiger partial charge on any atom is 0.349 e. The minimum Gasteiger partial charge on any atom is -0.387 e. The maximum atomic E-state index is 12.8. The third-order valence-corrected chi connectivity index (χ3v) is 4.07. The Morgan fingerprint density at radius 1 is 0.783 bits per heavy atom. The van der Waals surface area contributed by atoms with Crippen molar-refractivity contribution < 1.29 is 4.42 Å². The summed E-state index contributed by atoms with van der Waals surface area (Å²) in [5.74, 6) is 0. The highest BCUT2D eigenvalue weighted by atomic mass is 16.4. The van der Waals surface area contributed by atoms with Gasteiger partial charge in [0.05, 0.1) is 21.8 Å². The second kappa shape index (κ2) is 4.36. The number of hydrogen-bond donors (Lipinski definition) is 1. The molecule has 0 saturated heterocycles. The van der Waals surface area contributed by atoms with Crippen LogP contribution in [0.2, 0.25) is 0 Å². The van der Waals surface area contributed by atoms with Crippen LogP contribution in [-0.2, 0) is 0 Å². The second-order valence-corrected chi connectivity index (χ2v) is 5.23. The molecule has 0 saturated carbocycles. The molecule has 4 aromatic rings. The number of rotatable bonds is 1. The Bertz CT molecular complexity index is 1320. The molecule has 112 valence electrons. The Labute approximate surface area is 127 Å². The Morgan fingerprint density at radius 2 is 1.43 bits per heavy atom. The normalized spacial score (nSPS) is 11.5. The van der Waals surface area contributed by atoms with Gasteiger partial charge in [-0.1, -0.05) is 24.3 Å². The fourth-order valence-corrected chi connectivity index (χ4v) is 3.07. The van der Waals surface area contributed by atoms with Gasteiger partial charge in [0, 0.05) is 23.2 Å². The monoisotopic (exact) mass is 307 g/mol. The van der Waals surface area contributed by atoms with Crippen LogP contribution in [0.15, 0.2) is 53.9 Å². The summed E-state index contributed by atoms with van der Waals surface area (Å²) in [6, 6.07) is 7.73. The molecule has 0 aliphatic heterocycles. The summed E-state index contributed by atoms with van der Waals surface area (Å²) in [6.45, 7) is 0. The molecule has 0 fully saturated rings. The predicted molar refractivity (Wildman–Crippen MR) is 88.2 cm³/mol. The van der Waals surface area contributed by atoms with Crippen LogP contribution in [0.25, 0.3) is 32.3 Å². The van der Waals surface area contributed by atoms with Crippen LogP contribution in [-0.4, -0.2) is 7.05 Å². The zero-order valence-corrected chi connectivity index (χ0v) is 11.9. The SMILES string of the molecule is CNc1c2c(=O)oc(=O)c2cc2c(=O)c3ccccc3c(=O)c12. The Kier molecular flexibility index (Phi) is 2.54. The molecule has 23 heavy (non-hydrogen) atoms. The van der Waals surface area contributed by atoms with E-state index in [9.17, 15) is 19.2 Å². The minimum absolute atomic E-state index is 0.00127. The lowest BCUT2D eigenvalue weighted by Gasteiger charge is -2.07. The Morgan fingerprint density at radius 3 is 2.09 bits per heavy atom. The molecule has 1 N–H and O–H groups in total. The summed E-state index contributed by atoms with van der Waals surface area (Å²) >= 11 is 0. The van der Waals surface area contributed by atoms with E-state index in [2.05, 4.69) is 9.73 Å². The van der Waals surface area contributed by atoms with Crippen molar-refractivity contribution in [2.75, 3.05) is 12.4 Å². The van der Waals surface area contributed by atoms with Crippen molar-refractivity contribution in [2.24, 2.45) is 0 Å². The smallest absolute Gasteiger partial charge is 0.349 e. The van der Waals surface area contributed by atoms with Crippen LogP contribution < -0.4 is 27.4 Å². The summed E-state index contributed by atoms with van der Waals surface area (Å²) in [4.78, 5) is 49.2. The highest BCUT2D eigenvalue weighted by Gasteiger charge is 2.21. The van der Waals surface area contributed by atoms with Gasteiger partial charge < -0.3 is 9.73 Å². The van der Waals surface area contributed by atoms with Crippen LogP contribution in [0.3, 0.4) is 0 Å². The molecule has 0 aliphatic rings. The zero-order valence-electron chi connectivity index (χ0n) is 11.9. The number of nitrogens with one attached hydrogen (secondary N) is 1. The van der Waals surface area contributed by atoms with Crippen LogP contribution >= 0.6 is 0 Å². The molecule has 0 aliphatic carbocycles. The third-order valence-electron chi connectivity index (χ3n) is 4.07. The van der Waals surface area contributed by atoms with Crippen LogP contribution in [0.1, 0.15) is 0 Å². The molecule has 3 aromatic carbocycles. The van der Waals surface area contributed by atoms with Crippen molar-refractivity contribution in [1.82, 2.24) is 0 Å². The molecule has 0 radical (unpaired) electrons. The molecule has 6 heteroatoms. The first-order chi connectivity index (χ1) is 11.0. The molecule has 4 rings (SSSR count). The quantitative estimate of drug-likeness (QED) is 0.529. The molecule has 6 nitrogen and oxygen atoms in total. The molecule has 0 amide bonds. The standard InChI is InChI=1S/C17H9NO5/c1-18-13-11-9(6-10-12(13)17(22)23-16(10)21)14(19)7-4-2-3-5-8(7)15(11)20/h2-6,18H,1H3. The van der Waals surface area contributed by atoms with Gasteiger partial charge in [-0.2, -0.15) is 0 Å². The number of benzene rings is 3. The van der Waals surface area contributed by atoms with E-state index in [0.29, 0.717) is 0 Å². The predicted octanol–water partition coefficient (Wildman–Crippen LogP) is 1.10. The second-order valence-electron chi connectivity index (χ2n) is 5.23. The number of furan rings is 1. The van der Waals surface area contributed by atoms with E-state index >= 15 is 0 Å². The first-order valence-corrected chi connectivity index (χ1v) is 6.88. The van der Waals surface area contributed by atoms with Gasteiger partial charge in [0.15, 0.2) is 10.9 Å². The van der Waals surface area contributed by atoms with Crippen molar-refractivity contribution in [2.45, 2.75) is 0 Å². The average Bonchev–Trinajstić information content (AvgIpc) is 2.85. The third kappa shape index (κ3) is 1.57. The summed E-state index contributed by atoms with van der Waals surface area (Å²) in [5, 5.41) is 3.52. The fraction of sp³-hybridized carbons (Fsp3) is 0.0588.